The smallest absolute Gasteiger partial charge is 0.269 e. The van der Waals surface area contributed by atoms with Crippen molar-refractivity contribution in [1.29, 1.82) is 0 Å². The first-order chi connectivity index (χ1) is 16.5. The fraction of sp³-hybridized carbons (Fsp3) is 0.435. The van der Waals surface area contributed by atoms with Gasteiger partial charge < -0.3 is 20.7 Å². The van der Waals surface area contributed by atoms with Crippen molar-refractivity contribution in [3.8, 4) is 0 Å². The average molecular weight is 493 g/mol. The first kappa shape index (κ1) is 25.9. The van der Waals surface area contributed by atoms with Gasteiger partial charge in [-0.2, -0.15) is 0 Å². The standard InChI is InChI=1S/C11H12FN5O.C7H7FS.C5H11NO/c12-7-3-4-16(6-7)10-2-1-9-14-5-8(11(13)18)17(9)15-10;1-9-7-4-2-3-6(8)5-7;1-2-6-3-5-7-4-1/h1-2,5,7H,3-4,6H2,(H2,13,18);2-5H,1H3;6H,1-5H2. The highest BCUT2D eigenvalue weighted by Crippen LogP contribution is 2.20. The van der Waals surface area contributed by atoms with Crippen LogP contribution in [0.5, 0.6) is 0 Å². The number of imidazole rings is 1. The van der Waals surface area contributed by atoms with E-state index in [4.69, 9.17) is 10.5 Å². The molecule has 2 aliphatic rings. The highest BCUT2D eigenvalue weighted by Gasteiger charge is 2.23. The lowest BCUT2D eigenvalue weighted by molar-refractivity contribution is 0.0993. The summed E-state index contributed by atoms with van der Waals surface area (Å²) in [5.74, 6) is -0.123. The molecule has 2 fully saturated rings. The van der Waals surface area contributed by atoms with E-state index in [1.165, 1.54) is 29.3 Å². The highest BCUT2D eigenvalue weighted by atomic mass is 32.2. The summed E-state index contributed by atoms with van der Waals surface area (Å²) < 4.78 is 32.0. The van der Waals surface area contributed by atoms with Crippen molar-refractivity contribution < 1.29 is 18.3 Å². The third-order valence-corrected chi connectivity index (χ3v) is 5.88. The Hall–Kier alpha value is -2.76. The zero-order chi connectivity index (χ0) is 24.3. The predicted molar refractivity (Wildman–Crippen MR) is 130 cm³/mol. The quantitative estimate of drug-likeness (QED) is 0.543. The molecular formula is C23H30F2N6O2S. The van der Waals surface area contributed by atoms with E-state index in [0.29, 0.717) is 31.0 Å². The molecule has 1 unspecified atom stereocenters. The van der Waals surface area contributed by atoms with Crippen molar-refractivity contribution in [3.05, 3.63) is 54.1 Å². The number of fused-ring (bicyclic) bond motifs is 1. The minimum Gasteiger partial charge on any atom is -0.380 e. The minimum atomic E-state index is -0.819. The molecule has 2 aliphatic heterocycles. The molecule has 0 bridgehead atoms. The number of nitrogens with zero attached hydrogens (tertiary/aromatic N) is 4. The number of hydrogen-bond donors (Lipinski definition) is 2. The van der Waals surface area contributed by atoms with Crippen LogP contribution in [0.2, 0.25) is 0 Å². The number of nitrogens with two attached hydrogens (primary N) is 1. The number of hydrogen-bond acceptors (Lipinski definition) is 7. The van der Waals surface area contributed by atoms with Gasteiger partial charge in [-0.15, -0.1) is 16.9 Å². The van der Waals surface area contributed by atoms with Gasteiger partial charge in [0.2, 0.25) is 0 Å². The number of primary amides is 1. The molecule has 1 atom stereocenters. The number of ether oxygens (including phenoxy) is 1. The summed E-state index contributed by atoms with van der Waals surface area (Å²) in [6, 6.07) is 10.1. The molecule has 0 spiro atoms. The van der Waals surface area contributed by atoms with Crippen LogP contribution in [0.1, 0.15) is 23.3 Å². The Labute approximate surface area is 201 Å². The number of thioether (sulfide) groups is 1. The molecule has 11 heteroatoms. The summed E-state index contributed by atoms with van der Waals surface area (Å²) in [6.45, 7) is 4.94. The van der Waals surface area contributed by atoms with Gasteiger partial charge in [0.1, 0.15) is 23.5 Å². The molecule has 1 amide bonds. The minimum absolute atomic E-state index is 0.165. The first-order valence-corrected chi connectivity index (χ1v) is 12.3. The van der Waals surface area contributed by atoms with E-state index in [1.807, 2.05) is 17.2 Å². The first-order valence-electron chi connectivity index (χ1n) is 11.1. The van der Waals surface area contributed by atoms with Gasteiger partial charge in [-0.3, -0.25) is 4.79 Å². The Kier molecular flexibility index (Phi) is 10.0. The molecule has 2 saturated heterocycles. The predicted octanol–water partition coefficient (Wildman–Crippen LogP) is 2.92. The van der Waals surface area contributed by atoms with Crippen LogP contribution >= 0.6 is 11.8 Å². The zero-order valence-electron chi connectivity index (χ0n) is 19.1. The van der Waals surface area contributed by atoms with E-state index >= 15 is 0 Å². The monoisotopic (exact) mass is 492 g/mol. The van der Waals surface area contributed by atoms with Crippen molar-refractivity contribution in [2.24, 2.45) is 5.73 Å². The van der Waals surface area contributed by atoms with E-state index in [9.17, 15) is 13.6 Å². The van der Waals surface area contributed by atoms with E-state index in [-0.39, 0.29) is 11.5 Å². The van der Waals surface area contributed by atoms with Crippen LogP contribution in [0, 0.1) is 5.82 Å². The Morgan fingerprint density at radius 3 is 2.79 bits per heavy atom. The largest absolute Gasteiger partial charge is 0.380 e. The summed E-state index contributed by atoms with van der Waals surface area (Å²) in [7, 11) is 0. The van der Waals surface area contributed by atoms with Crippen LogP contribution in [0.4, 0.5) is 14.6 Å². The van der Waals surface area contributed by atoms with Gasteiger partial charge in [0.25, 0.3) is 5.91 Å². The Balaban J connectivity index is 0.000000168. The average Bonchev–Trinajstić information content (AvgIpc) is 3.34. The summed E-state index contributed by atoms with van der Waals surface area (Å²) in [6.07, 6.45) is 4.16. The van der Waals surface area contributed by atoms with Crippen LogP contribution in [0.15, 0.2) is 47.5 Å². The van der Waals surface area contributed by atoms with Gasteiger partial charge in [0.05, 0.1) is 19.3 Å². The van der Waals surface area contributed by atoms with Crippen molar-refractivity contribution in [3.63, 3.8) is 0 Å². The molecule has 0 radical (unpaired) electrons. The lowest BCUT2D eigenvalue weighted by Crippen LogP contribution is -2.22. The fourth-order valence-corrected chi connectivity index (χ4v) is 3.84. The van der Waals surface area contributed by atoms with Gasteiger partial charge in [-0.1, -0.05) is 6.07 Å². The molecule has 184 valence electrons. The van der Waals surface area contributed by atoms with Gasteiger partial charge >= 0.3 is 0 Å². The molecule has 3 aromatic rings. The molecule has 1 aromatic carbocycles. The van der Waals surface area contributed by atoms with Gasteiger partial charge in [-0.05, 0) is 56.0 Å². The Bertz CT molecular complexity index is 1050. The lowest BCUT2D eigenvalue weighted by atomic mass is 10.3. The van der Waals surface area contributed by atoms with E-state index in [1.54, 1.807) is 30.0 Å². The molecule has 3 N–H and O–H groups in total. The second-order valence-corrected chi connectivity index (χ2v) is 8.56. The van der Waals surface area contributed by atoms with E-state index < -0.39 is 12.1 Å². The number of aromatic nitrogens is 3. The second-order valence-electron chi connectivity index (χ2n) is 7.68. The summed E-state index contributed by atoms with van der Waals surface area (Å²) in [4.78, 5) is 18.0. The number of nitrogens with one attached hydrogen (secondary N) is 1. The number of rotatable bonds is 3. The van der Waals surface area contributed by atoms with Crippen molar-refractivity contribution in [2.75, 3.05) is 50.5 Å². The van der Waals surface area contributed by atoms with Crippen molar-refractivity contribution in [1.82, 2.24) is 19.9 Å². The molecule has 34 heavy (non-hydrogen) atoms. The number of alkyl halides is 1. The topological polar surface area (TPSA) is 97.8 Å². The Morgan fingerprint density at radius 1 is 1.26 bits per heavy atom. The normalized spacial score (nSPS) is 17.9. The lowest BCUT2D eigenvalue weighted by Gasteiger charge is -2.15. The molecular weight excluding hydrogens is 462 g/mol. The molecule has 0 aliphatic carbocycles. The number of carbonyl (C=O) groups is 1. The Morgan fingerprint density at radius 2 is 2.12 bits per heavy atom. The second kappa shape index (κ2) is 13.2. The van der Waals surface area contributed by atoms with Crippen molar-refractivity contribution >= 4 is 29.1 Å². The highest BCUT2D eigenvalue weighted by molar-refractivity contribution is 7.98. The maximum absolute atomic E-state index is 13.2. The van der Waals surface area contributed by atoms with E-state index in [0.717, 1.165) is 31.2 Å². The van der Waals surface area contributed by atoms with Crippen LogP contribution in [0.3, 0.4) is 0 Å². The molecule has 0 saturated carbocycles. The molecule has 4 heterocycles. The van der Waals surface area contributed by atoms with Crippen LogP contribution < -0.4 is 16.0 Å². The SMILES string of the molecule is C1CNCCOC1.CSc1cccc(F)c1.NC(=O)c1cnc2ccc(N3CCC(F)C3)nn12. The van der Waals surface area contributed by atoms with Gasteiger partial charge in [0, 0.05) is 24.6 Å². The van der Waals surface area contributed by atoms with E-state index in [2.05, 4.69) is 15.4 Å². The molecule has 2 aromatic heterocycles. The molecule has 8 nitrogen and oxygen atoms in total. The molecule has 5 rings (SSSR count). The van der Waals surface area contributed by atoms with Crippen LogP contribution in [-0.2, 0) is 4.74 Å². The third kappa shape index (κ3) is 7.64. The summed E-state index contributed by atoms with van der Waals surface area (Å²) in [5, 5.41) is 7.51. The number of carbonyl (C=O) groups excluding carboxylic acids is 1. The number of halogens is 2. The number of anilines is 1. The number of benzene rings is 1. The third-order valence-electron chi connectivity index (χ3n) is 5.15. The van der Waals surface area contributed by atoms with Gasteiger partial charge in [-0.25, -0.2) is 18.3 Å². The fourth-order valence-electron chi connectivity index (χ4n) is 3.39. The van der Waals surface area contributed by atoms with Crippen molar-refractivity contribution in [2.45, 2.75) is 23.9 Å². The maximum atomic E-state index is 13.2. The zero-order valence-corrected chi connectivity index (χ0v) is 19.9. The van der Waals surface area contributed by atoms with Gasteiger partial charge in [0.15, 0.2) is 5.65 Å². The number of amides is 1. The van der Waals surface area contributed by atoms with Crippen LogP contribution in [-0.4, -0.2) is 72.3 Å². The van der Waals surface area contributed by atoms with Crippen LogP contribution in [0.25, 0.3) is 5.65 Å². The summed E-state index contributed by atoms with van der Waals surface area (Å²) in [5.41, 5.74) is 6.01. The maximum Gasteiger partial charge on any atom is 0.269 e. The summed E-state index contributed by atoms with van der Waals surface area (Å²) >= 11 is 1.54.